The second kappa shape index (κ2) is 5.15. The lowest BCUT2D eigenvalue weighted by Crippen LogP contribution is -2.61. The first-order valence-electron chi connectivity index (χ1n) is 6.95. The van der Waals surface area contributed by atoms with E-state index in [1.54, 1.807) is 29.0 Å². The topological polar surface area (TPSA) is 49.9 Å². The van der Waals surface area contributed by atoms with Crippen molar-refractivity contribution >= 4 is 17.5 Å². The van der Waals surface area contributed by atoms with Crippen LogP contribution in [0.1, 0.15) is 19.3 Å². The molecule has 0 aliphatic carbocycles. The van der Waals surface area contributed by atoms with Gasteiger partial charge in [0.25, 0.3) is 0 Å². The van der Waals surface area contributed by atoms with E-state index in [1.807, 2.05) is 12.1 Å². The summed E-state index contributed by atoms with van der Waals surface area (Å²) in [4.78, 5) is 28.1. The van der Waals surface area contributed by atoms with Crippen molar-refractivity contribution in [2.24, 2.45) is 0 Å². The number of hydrogen-bond acceptors (Lipinski definition) is 3. The molecule has 0 saturated carbocycles. The van der Waals surface area contributed by atoms with Crippen LogP contribution in [0.5, 0.6) is 5.75 Å². The van der Waals surface area contributed by atoms with Crippen molar-refractivity contribution in [1.29, 1.82) is 0 Å². The molecule has 0 aromatic heterocycles. The van der Waals surface area contributed by atoms with Crippen molar-refractivity contribution in [1.82, 2.24) is 4.90 Å². The van der Waals surface area contributed by atoms with Crippen LogP contribution in [0.25, 0.3) is 0 Å². The van der Waals surface area contributed by atoms with E-state index in [0.29, 0.717) is 6.54 Å². The summed E-state index contributed by atoms with van der Waals surface area (Å²) in [6, 6.07) is 6.98. The molecule has 2 aliphatic heterocycles. The third-order valence-corrected chi connectivity index (χ3v) is 4.05. The van der Waals surface area contributed by atoms with E-state index in [9.17, 15) is 9.59 Å². The standard InChI is InChI=1S/C15H18N2O3/c1-20-12-7-5-11(6-8-12)17-10-14(18)16-9-3-2-4-13(16)15(17)19/h5-8,13H,2-4,9-10H2,1H3. The number of piperidine rings is 1. The van der Waals surface area contributed by atoms with Gasteiger partial charge in [0.2, 0.25) is 11.8 Å². The van der Waals surface area contributed by atoms with Gasteiger partial charge in [-0.25, -0.2) is 0 Å². The molecule has 0 N–H and O–H groups in total. The highest BCUT2D eigenvalue weighted by Gasteiger charge is 2.40. The number of ether oxygens (including phenoxy) is 1. The molecular formula is C15H18N2O3. The Balaban J connectivity index is 1.85. The maximum absolute atomic E-state index is 12.6. The number of benzene rings is 1. The Kier molecular flexibility index (Phi) is 3.34. The molecule has 0 bridgehead atoms. The van der Waals surface area contributed by atoms with Crippen LogP contribution in [0.2, 0.25) is 0 Å². The number of hydrogen-bond donors (Lipinski definition) is 0. The van der Waals surface area contributed by atoms with Gasteiger partial charge in [0.05, 0.1) is 7.11 Å². The Labute approximate surface area is 118 Å². The van der Waals surface area contributed by atoms with Crippen LogP contribution in [0.15, 0.2) is 24.3 Å². The molecule has 0 radical (unpaired) electrons. The van der Waals surface area contributed by atoms with Crippen molar-refractivity contribution in [2.75, 3.05) is 25.1 Å². The van der Waals surface area contributed by atoms with Gasteiger partial charge in [0.15, 0.2) is 0 Å². The van der Waals surface area contributed by atoms with E-state index in [-0.39, 0.29) is 24.4 Å². The van der Waals surface area contributed by atoms with Crippen molar-refractivity contribution in [3.63, 3.8) is 0 Å². The van der Waals surface area contributed by atoms with Crippen LogP contribution >= 0.6 is 0 Å². The number of anilines is 1. The minimum Gasteiger partial charge on any atom is -0.497 e. The maximum atomic E-state index is 12.6. The first-order chi connectivity index (χ1) is 9.70. The SMILES string of the molecule is COc1ccc(N2CC(=O)N3CCCCC3C2=O)cc1. The minimum atomic E-state index is -0.271. The van der Waals surface area contributed by atoms with Crippen LogP contribution < -0.4 is 9.64 Å². The molecule has 1 aromatic carbocycles. The molecule has 1 unspecified atom stereocenters. The first-order valence-corrected chi connectivity index (χ1v) is 6.95. The monoisotopic (exact) mass is 274 g/mol. The summed E-state index contributed by atoms with van der Waals surface area (Å²) in [5, 5.41) is 0. The molecular weight excluding hydrogens is 256 g/mol. The zero-order valence-electron chi connectivity index (χ0n) is 11.5. The minimum absolute atomic E-state index is 0.0365. The number of nitrogens with zero attached hydrogens (tertiary/aromatic N) is 2. The number of methoxy groups -OCH3 is 1. The number of amides is 2. The van der Waals surface area contributed by atoms with Crippen LogP contribution in [0.4, 0.5) is 5.69 Å². The predicted octanol–water partition coefficient (Wildman–Crippen LogP) is 1.42. The lowest BCUT2D eigenvalue weighted by atomic mass is 9.98. The molecule has 5 nitrogen and oxygen atoms in total. The van der Waals surface area contributed by atoms with E-state index in [2.05, 4.69) is 0 Å². The summed E-state index contributed by atoms with van der Waals surface area (Å²) < 4.78 is 5.11. The fraction of sp³-hybridized carbons (Fsp3) is 0.467. The Bertz CT molecular complexity index is 526. The van der Waals surface area contributed by atoms with Crippen LogP contribution in [-0.4, -0.2) is 43.0 Å². The highest BCUT2D eigenvalue weighted by Crippen LogP contribution is 2.27. The number of carbonyl (C=O) groups excluding carboxylic acids is 2. The van der Waals surface area contributed by atoms with Crippen molar-refractivity contribution in [2.45, 2.75) is 25.3 Å². The molecule has 3 rings (SSSR count). The van der Waals surface area contributed by atoms with Crippen LogP contribution in [-0.2, 0) is 9.59 Å². The highest BCUT2D eigenvalue weighted by molar-refractivity contribution is 6.06. The highest BCUT2D eigenvalue weighted by atomic mass is 16.5. The summed E-state index contributed by atoms with van der Waals surface area (Å²) in [6.45, 7) is 0.855. The van der Waals surface area contributed by atoms with Gasteiger partial charge in [0.1, 0.15) is 18.3 Å². The predicted molar refractivity (Wildman–Crippen MR) is 74.7 cm³/mol. The quantitative estimate of drug-likeness (QED) is 0.819. The first kappa shape index (κ1) is 13.0. The van der Waals surface area contributed by atoms with Crippen molar-refractivity contribution in [3.8, 4) is 5.75 Å². The zero-order chi connectivity index (χ0) is 14.1. The van der Waals surface area contributed by atoms with E-state index in [4.69, 9.17) is 4.74 Å². The fourth-order valence-corrected chi connectivity index (χ4v) is 2.95. The Morgan fingerprint density at radius 2 is 1.90 bits per heavy atom. The van der Waals surface area contributed by atoms with Crippen molar-refractivity contribution in [3.05, 3.63) is 24.3 Å². The van der Waals surface area contributed by atoms with Gasteiger partial charge in [-0.05, 0) is 43.5 Å². The second-order valence-corrected chi connectivity index (χ2v) is 5.22. The normalized spacial score (nSPS) is 22.8. The molecule has 2 fully saturated rings. The number of rotatable bonds is 2. The smallest absolute Gasteiger partial charge is 0.250 e. The van der Waals surface area contributed by atoms with Gasteiger partial charge in [0, 0.05) is 12.2 Å². The van der Waals surface area contributed by atoms with Crippen molar-refractivity contribution < 1.29 is 14.3 Å². The molecule has 2 heterocycles. The average molecular weight is 274 g/mol. The number of piperazine rings is 1. The molecule has 20 heavy (non-hydrogen) atoms. The molecule has 1 atom stereocenters. The van der Waals surface area contributed by atoms with E-state index in [1.165, 1.54) is 0 Å². The van der Waals surface area contributed by atoms with E-state index < -0.39 is 0 Å². The summed E-state index contributed by atoms with van der Waals surface area (Å²) in [7, 11) is 1.60. The number of fused-ring (bicyclic) bond motifs is 1. The largest absolute Gasteiger partial charge is 0.497 e. The fourth-order valence-electron chi connectivity index (χ4n) is 2.95. The summed E-state index contributed by atoms with van der Waals surface area (Å²) in [5.74, 6) is 0.823. The molecule has 2 saturated heterocycles. The van der Waals surface area contributed by atoms with Gasteiger partial charge in [-0.15, -0.1) is 0 Å². The van der Waals surface area contributed by atoms with Gasteiger partial charge in [-0.1, -0.05) is 0 Å². The van der Waals surface area contributed by atoms with E-state index >= 15 is 0 Å². The van der Waals surface area contributed by atoms with E-state index in [0.717, 1.165) is 30.7 Å². The zero-order valence-corrected chi connectivity index (χ0v) is 11.5. The third-order valence-electron chi connectivity index (χ3n) is 4.05. The summed E-state index contributed by atoms with van der Waals surface area (Å²) in [5.41, 5.74) is 0.759. The van der Waals surface area contributed by atoms with Gasteiger partial charge in [-0.2, -0.15) is 0 Å². The molecule has 1 aromatic rings. The average Bonchev–Trinajstić information content (AvgIpc) is 2.51. The van der Waals surface area contributed by atoms with Crippen LogP contribution in [0.3, 0.4) is 0 Å². The summed E-state index contributed by atoms with van der Waals surface area (Å²) in [6.07, 6.45) is 2.78. The van der Waals surface area contributed by atoms with Gasteiger partial charge >= 0.3 is 0 Å². The third kappa shape index (κ3) is 2.13. The molecule has 106 valence electrons. The van der Waals surface area contributed by atoms with Gasteiger partial charge in [-0.3, -0.25) is 9.59 Å². The molecule has 2 aliphatic rings. The summed E-state index contributed by atoms with van der Waals surface area (Å²) >= 11 is 0. The second-order valence-electron chi connectivity index (χ2n) is 5.22. The Morgan fingerprint density at radius 3 is 2.60 bits per heavy atom. The lowest BCUT2D eigenvalue weighted by Gasteiger charge is -2.42. The lowest BCUT2D eigenvalue weighted by molar-refractivity contribution is -0.144. The maximum Gasteiger partial charge on any atom is 0.250 e. The number of carbonyl (C=O) groups is 2. The molecule has 5 heteroatoms. The van der Waals surface area contributed by atoms with Crippen LogP contribution in [0, 0.1) is 0 Å². The molecule has 2 amide bonds. The Hall–Kier alpha value is -2.04. The molecule has 0 spiro atoms. The van der Waals surface area contributed by atoms with Gasteiger partial charge < -0.3 is 14.5 Å². The Morgan fingerprint density at radius 1 is 1.15 bits per heavy atom.